The molecule has 2 aliphatic rings. The van der Waals surface area contributed by atoms with Crippen molar-refractivity contribution in [1.82, 2.24) is 4.57 Å². The predicted octanol–water partition coefficient (Wildman–Crippen LogP) is 5.61. The van der Waals surface area contributed by atoms with E-state index in [0.29, 0.717) is 11.6 Å². The van der Waals surface area contributed by atoms with Crippen LogP contribution in [-0.2, 0) is 12.8 Å². The van der Waals surface area contributed by atoms with Crippen molar-refractivity contribution < 1.29 is 14.6 Å². The second-order valence-electron chi connectivity index (χ2n) is 9.60. The summed E-state index contributed by atoms with van der Waals surface area (Å²) >= 11 is 6.27. The number of hydrogen-bond donors (Lipinski definition) is 1. The summed E-state index contributed by atoms with van der Waals surface area (Å²) in [5.41, 5.74) is 5.13. The fraction of sp³-hybridized carbons (Fsp3) is 0.308. The van der Waals surface area contributed by atoms with Crippen LogP contribution in [0.25, 0.3) is 22.4 Å². The second-order valence-corrected chi connectivity index (χ2v) is 10.0. The standard InChI is InChI=1S/C26H24ClNO4/c1-26(2,3)23-11-18-16-7-8-32-24(16)17(14-5-4-6-15(27)9-14)10-19(18)21-12-22(29)20(25(30)31)13-28(21)23/h4-6,9-10,12-13,23H,7-8,11H2,1-3H3,(H,30,31). The third-order valence-electron chi connectivity index (χ3n) is 6.55. The Hall–Kier alpha value is -3.05. The van der Waals surface area contributed by atoms with E-state index in [4.69, 9.17) is 16.3 Å². The van der Waals surface area contributed by atoms with Gasteiger partial charge in [0.15, 0.2) is 5.43 Å². The summed E-state index contributed by atoms with van der Waals surface area (Å²) in [7, 11) is 0. The Morgan fingerprint density at radius 1 is 1.16 bits per heavy atom. The highest BCUT2D eigenvalue weighted by Gasteiger charge is 2.36. The number of fused-ring (bicyclic) bond motifs is 5. The van der Waals surface area contributed by atoms with E-state index in [1.807, 2.05) is 28.8 Å². The summed E-state index contributed by atoms with van der Waals surface area (Å²) in [4.78, 5) is 24.4. The van der Waals surface area contributed by atoms with Crippen LogP contribution in [0.5, 0.6) is 5.75 Å². The number of carbonyl (C=O) groups is 1. The van der Waals surface area contributed by atoms with Crippen molar-refractivity contribution in [2.45, 2.75) is 39.7 Å². The fourth-order valence-electron chi connectivity index (χ4n) is 4.97. The first-order valence-electron chi connectivity index (χ1n) is 10.7. The molecular weight excluding hydrogens is 426 g/mol. The van der Waals surface area contributed by atoms with Crippen molar-refractivity contribution in [1.29, 1.82) is 0 Å². The summed E-state index contributed by atoms with van der Waals surface area (Å²) in [5.74, 6) is -0.317. The van der Waals surface area contributed by atoms with Gasteiger partial charge >= 0.3 is 5.97 Å². The van der Waals surface area contributed by atoms with Gasteiger partial charge in [0, 0.05) is 46.4 Å². The molecule has 0 amide bonds. The van der Waals surface area contributed by atoms with Crippen molar-refractivity contribution in [2.75, 3.05) is 6.61 Å². The van der Waals surface area contributed by atoms with Gasteiger partial charge in [-0.2, -0.15) is 0 Å². The zero-order chi connectivity index (χ0) is 22.8. The van der Waals surface area contributed by atoms with Gasteiger partial charge in [-0.05, 0) is 41.2 Å². The fourth-order valence-corrected chi connectivity index (χ4v) is 5.17. The van der Waals surface area contributed by atoms with Crippen LogP contribution in [0.1, 0.15) is 48.3 Å². The molecule has 0 radical (unpaired) electrons. The Bertz CT molecular complexity index is 1330. The van der Waals surface area contributed by atoms with Gasteiger partial charge in [0.2, 0.25) is 0 Å². The van der Waals surface area contributed by atoms with Gasteiger partial charge in [0.05, 0.1) is 12.3 Å². The molecule has 32 heavy (non-hydrogen) atoms. The highest BCUT2D eigenvalue weighted by Crippen LogP contribution is 2.49. The average molecular weight is 450 g/mol. The summed E-state index contributed by atoms with van der Waals surface area (Å²) in [6.07, 6.45) is 3.07. The molecular formula is C26H24ClNO4. The van der Waals surface area contributed by atoms with E-state index in [1.165, 1.54) is 23.4 Å². The molecule has 0 saturated heterocycles. The van der Waals surface area contributed by atoms with Crippen LogP contribution in [0.3, 0.4) is 0 Å². The molecule has 1 atom stereocenters. The first kappa shape index (κ1) is 20.8. The van der Waals surface area contributed by atoms with E-state index in [1.54, 1.807) is 0 Å². The molecule has 1 unspecified atom stereocenters. The normalized spacial score (nSPS) is 16.7. The zero-order valence-electron chi connectivity index (χ0n) is 18.2. The molecule has 5 rings (SSSR count). The lowest BCUT2D eigenvalue weighted by atomic mass is 9.76. The smallest absolute Gasteiger partial charge is 0.341 e. The lowest BCUT2D eigenvalue weighted by Crippen LogP contribution is -2.33. The van der Waals surface area contributed by atoms with Gasteiger partial charge in [-0.3, -0.25) is 4.79 Å². The second kappa shape index (κ2) is 7.24. The SMILES string of the molecule is CC(C)(C)C1Cc2c(cc(-c3cccc(Cl)c3)c3c2CCO3)-c2cc(=O)c(C(=O)O)cn21. The van der Waals surface area contributed by atoms with Gasteiger partial charge in [-0.15, -0.1) is 0 Å². The first-order chi connectivity index (χ1) is 15.1. The van der Waals surface area contributed by atoms with E-state index >= 15 is 0 Å². The Morgan fingerprint density at radius 3 is 2.62 bits per heavy atom. The highest BCUT2D eigenvalue weighted by atomic mass is 35.5. The van der Waals surface area contributed by atoms with Crippen LogP contribution >= 0.6 is 11.6 Å². The van der Waals surface area contributed by atoms with Crippen LogP contribution in [0.2, 0.25) is 5.02 Å². The van der Waals surface area contributed by atoms with Crippen molar-refractivity contribution >= 4 is 17.6 Å². The molecule has 3 aromatic rings. The van der Waals surface area contributed by atoms with Crippen molar-refractivity contribution in [2.24, 2.45) is 5.41 Å². The van der Waals surface area contributed by atoms with E-state index in [-0.39, 0.29) is 17.0 Å². The molecule has 164 valence electrons. The van der Waals surface area contributed by atoms with E-state index in [9.17, 15) is 14.7 Å². The number of carboxylic acid groups (broad SMARTS) is 1. The van der Waals surface area contributed by atoms with Gasteiger partial charge < -0.3 is 14.4 Å². The van der Waals surface area contributed by atoms with Crippen LogP contribution < -0.4 is 10.2 Å². The number of carboxylic acids is 1. The Labute approximate surface area is 191 Å². The van der Waals surface area contributed by atoms with E-state index < -0.39 is 11.4 Å². The molecule has 0 bridgehead atoms. The third-order valence-corrected chi connectivity index (χ3v) is 6.78. The molecule has 3 heterocycles. The summed E-state index contributed by atoms with van der Waals surface area (Å²) in [5, 5.41) is 10.2. The number of ether oxygens (including phenoxy) is 1. The molecule has 0 spiro atoms. The van der Waals surface area contributed by atoms with Gasteiger partial charge in [-0.25, -0.2) is 4.79 Å². The van der Waals surface area contributed by atoms with Crippen molar-refractivity contribution in [3.63, 3.8) is 0 Å². The van der Waals surface area contributed by atoms with E-state index in [2.05, 4.69) is 26.8 Å². The molecule has 0 fully saturated rings. The molecule has 2 aromatic carbocycles. The Balaban J connectivity index is 1.83. The van der Waals surface area contributed by atoms with Crippen molar-refractivity contribution in [3.8, 4) is 28.1 Å². The number of aromatic nitrogens is 1. The molecule has 0 aliphatic carbocycles. The summed E-state index contributed by atoms with van der Waals surface area (Å²) < 4.78 is 8.07. The first-order valence-corrected chi connectivity index (χ1v) is 11.1. The predicted molar refractivity (Wildman–Crippen MR) is 125 cm³/mol. The molecule has 6 heteroatoms. The van der Waals surface area contributed by atoms with Crippen molar-refractivity contribution in [3.05, 3.63) is 74.5 Å². The van der Waals surface area contributed by atoms with Gasteiger partial charge in [0.1, 0.15) is 11.3 Å². The van der Waals surface area contributed by atoms with Crippen LogP contribution in [0.4, 0.5) is 0 Å². The molecule has 0 saturated carbocycles. The zero-order valence-corrected chi connectivity index (χ0v) is 19.0. The lowest BCUT2D eigenvalue weighted by Gasteiger charge is -2.39. The largest absolute Gasteiger partial charge is 0.492 e. The Morgan fingerprint density at radius 2 is 1.94 bits per heavy atom. The molecule has 1 aromatic heterocycles. The maximum atomic E-state index is 12.7. The average Bonchev–Trinajstić information content (AvgIpc) is 3.21. The van der Waals surface area contributed by atoms with Gasteiger partial charge in [0.25, 0.3) is 0 Å². The minimum atomic E-state index is -1.20. The number of nitrogens with zero attached hydrogens (tertiary/aromatic N) is 1. The minimum Gasteiger partial charge on any atom is -0.492 e. The monoisotopic (exact) mass is 449 g/mol. The van der Waals surface area contributed by atoms with E-state index in [0.717, 1.165) is 41.0 Å². The van der Waals surface area contributed by atoms with Gasteiger partial charge in [-0.1, -0.05) is 44.5 Å². The molecule has 1 N–H and O–H groups in total. The maximum Gasteiger partial charge on any atom is 0.341 e. The number of benzene rings is 2. The number of rotatable bonds is 2. The highest BCUT2D eigenvalue weighted by molar-refractivity contribution is 6.30. The van der Waals surface area contributed by atoms with Crippen LogP contribution in [-0.4, -0.2) is 22.2 Å². The van der Waals surface area contributed by atoms with Crippen LogP contribution in [0, 0.1) is 5.41 Å². The molecule has 5 nitrogen and oxygen atoms in total. The number of hydrogen-bond acceptors (Lipinski definition) is 3. The quantitative estimate of drug-likeness (QED) is 0.552. The number of aromatic carboxylic acids is 1. The number of halogens is 1. The third kappa shape index (κ3) is 3.23. The maximum absolute atomic E-state index is 12.7. The topological polar surface area (TPSA) is 68.5 Å². The molecule has 2 aliphatic heterocycles. The summed E-state index contributed by atoms with van der Waals surface area (Å²) in [6.45, 7) is 7.04. The minimum absolute atomic E-state index is 0.00502. The Kier molecular flexibility index (Phi) is 4.71. The summed E-state index contributed by atoms with van der Waals surface area (Å²) in [6, 6.07) is 11.2. The van der Waals surface area contributed by atoms with Crippen LogP contribution in [0.15, 0.2) is 47.4 Å². The lowest BCUT2D eigenvalue weighted by molar-refractivity contribution is 0.0693. The number of pyridine rings is 1.